The van der Waals surface area contributed by atoms with E-state index in [0.29, 0.717) is 0 Å². The zero-order chi connectivity index (χ0) is 9.97. The molecule has 0 bridgehead atoms. The van der Waals surface area contributed by atoms with Gasteiger partial charge in [-0.1, -0.05) is 0 Å². The van der Waals surface area contributed by atoms with Crippen molar-refractivity contribution < 1.29 is 4.39 Å². The minimum absolute atomic E-state index is 0.221. The molecule has 1 heterocycles. The lowest BCUT2D eigenvalue weighted by molar-refractivity contribution is 0.628. The summed E-state index contributed by atoms with van der Waals surface area (Å²) in [5, 5.41) is 0. The van der Waals surface area contributed by atoms with Crippen molar-refractivity contribution in [3.8, 4) is 11.3 Å². The second kappa shape index (κ2) is 3.58. The lowest BCUT2D eigenvalue weighted by Crippen LogP contribution is -1.84. The average Bonchev–Trinajstić information content (AvgIpc) is 2.19. The van der Waals surface area contributed by atoms with Gasteiger partial charge >= 0.3 is 0 Å². The van der Waals surface area contributed by atoms with Gasteiger partial charge in [0.2, 0.25) is 0 Å². The van der Waals surface area contributed by atoms with Crippen molar-refractivity contribution in [2.24, 2.45) is 0 Å². The molecule has 2 rings (SSSR count). The molecule has 0 saturated heterocycles. The SMILES string of the molecule is Cc1ccnc(-c2ccc(F)cc2)c1. The highest BCUT2D eigenvalue weighted by molar-refractivity contribution is 5.59. The van der Waals surface area contributed by atoms with Gasteiger partial charge in [-0.2, -0.15) is 0 Å². The molecule has 0 fully saturated rings. The average molecular weight is 187 g/mol. The molecular formula is C12H10FN. The van der Waals surface area contributed by atoms with Crippen molar-refractivity contribution in [2.75, 3.05) is 0 Å². The van der Waals surface area contributed by atoms with E-state index in [9.17, 15) is 4.39 Å². The number of rotatable bonds is 1. The summed E-state index contributed by atoms with van der Waals surface area (Å²) in [5.74, 6) is -0.221. The first kappa shape index (κ1) is 8.88. The molecule has 0 spiro atoms. The smallest absolute Gasteiger partial charge is 0.123 e. The van der Waals surface area contributed by atoms with Crippen LogP contribution in [0.5, 0.6) is 0 Å². The van der Waals surface area contributed by atoms with Gasteiger partial charge in [0.05, 0.1) is 5.69 Å². The zero-order valence-electron chi connectivity index (χ0n) is 7.87. The van der Waals surface area contributed by atoms with Crippen LogP contribution < -0.4 is 0 Å². The summed E-state index contributed by atoms with van der Waals surface area (Å²) in [4.78, 5) is 4.22. The van der Waals surface area contributed by atoms with Gasteiger partial charge in [-0.25, -0.2) is 4.39 Å². The Morgan fingerprint density at radius 1 is 1.07 bits per heavy atom. The first-order chi connectivity index (χ1) is 6.75. The topological polar surface area (TPSA) is 12.9 Å². The fraction of sp³-hybridized carbons (Fsp3) is 0.0833. The molecule has 70 valence electrons. The van der Waals surface area contributed by atoms with Crippen molar-refractivity contribution >= 4 is 0 Å². The first-order valence-corrected chi connectivity index (χ1v) is 4.44. The van der Waals surface area contributed by atoms with E-state index in [2.05, 4.69) is 4.98 Å². The molecule has 2 aromatic rings. The molecular weight excluding hydrogens is 177 g/mol. The minimum Gasteiger partial charge on any atom is -0.256 e. The monoisotopic (exact) mass is 187 g/mol. The number of hydrogen-bond donors (Lipinski definition) is 0. The van der Waals surface area contributed by atoms with Gasteiger partial charge in [0.1, 0.15) is 5.82 Å². The summed E-state index contributed by atoms with van der Waals surface area (Å²) in [5.41, 5.74) is 2.97. The largest absolute Gasteiger partial charge is 0.256 e. The van der Waals surface area contributed by atoms with Gasteiger partial charge in [0, 0.05) is 11.8 Å². The third-order valence-corrected chi connectivity index (χ3v) is 2.06. The normalized spacial score (nSPS) is 10.1. The van der Waals surface area contributed by atoms with Crippen LogP contribution in [0.2, 0.25) is 0 Å². The van der Waals surface area contributed by atoms with Crippen LogP contribution in [0.3, 0.4) is 0 Å². The van der Waals surface area contributed by atoms with Gasteiger partial charge in [0.25, 0.3) is 0 Å². The van der Waals surface area contributed by atoms with Crippen LogP contribution in [0, 0.1) is 12.7 Å². The van der Waals surface area contributed by atoms with E-state index >= 15 is 0 Å². The summed E-state index contributed by atoms with van der Waals surface area (Å²) in [6.07, 6.45) is 1.76. The van der Waals surface area contributed by atoms with E-state index in [1.54, 1.807) is 18.3 Å². The summed E-state index contributed by atoms with van der Waals surface area (Å²) in [6, 6.07) is 10.3. The first-order valence-electron chi connectivity index (χ1n) is 4.44. The van der Waals surface area contributed by atoms with Crippen LogP contribution in [-0.4, -0.2) is 4.98 Å². The van der Waals surface area contributed by atoms with Gasteiger partial charge in [-0.15, -0.1) is 0 Å². The van der Waals surface area contributed by atoms with E-state index in [1.165, 1.54) is 12.1 Å². The molecule has 1 aromatic heterocycles. The van der Waals surface area contributed by atoms with Gasteiger partial charge in [-0.05, 0) is 48.9 Å². The van der Waals surface area contributed by atoms with Crippen molar-refractivity contribution in [2.45, 2.75) is 6.92 Å². The Morgan fingerprint density at radius 3 is 2.43 bits per heavy atom. The van der Waals surface area contributed by atoms with Crippen LogP contribution in [0.1, 0.15) is 5.56 Å². The quantitative estimate of drug-likeness (QED) is 0.668. The maximum Gasteiger partial charge on any atom is 0.123 e. The fourth-order valence-corrected chi connectivity index (χ4v) is 1.31. The van der Waals surface area contributed by atoms with Crippen LogP contribution >= 0.6 is 0 Å². The summed E-state index contributed by atoms with van der Waals surface area (Å²) >= 11 is 0. The molecule has 14 heavy (non-hydrogen) atoms. The Balaban J connectivity index is 2.44. The third-order valence-electron chi connectivity index (χ3n) is 2.06. The van der Waals surface area contributed by atoms with Crippen molar-refractivity contribution in [1.82, 2.24) is 4.98 Å². The predicted molar refractivity (Wildman–Crippen MR) is 54.4 cm³/mol. The van der Waals surface area contributed by atoms with E-state index in [0.717, 1.165) is 16.8 Å². The van der Waals surface area contributed by atoms with E-state index < -0.39 is 0 Å². The maximum absolute atomic E-state index is 12.7. The van der Waals surface area contributed by atoms with E-state index in [4.69, 9.17) is 0 Å². The number of hydrogen-bond acceptors (Lipinski definition) is 1. The number of benzene rings is 1. The minimum atomic E-state index is -0.221. The lowest BCUT2D eigenvalue weighted by atomic mass is 10.1. The molecule has 0 amide bonds. The number of halogens is 1. The van der Waals surface area contributed by atoms with E-state index in [1.807, 2.05) is 19.1 Å². The molecule has 0 saturated carbocycles. The molecule has 1 nitrogen and oxygen atoms in total. The molecule has 2 heteroatoms. The third kappa shape index (κ3) is 1.79. The number of aryl methyl sites for hydroxylation is 1. The number of nitrogens with zero attached hydrogens (tertiary/aromatic N) is 1. The second-order valence-corrected chi connectivity index (χ2v) is 3.23. The van der Waals surface area contributed by atoms with Gasteiger partial charge in [0.15, 0.2) is 0 Å². The van der Waals surface area contributed by atoms with Crippen molar-refractivity contribution in [3.05, 3.63) is 54.0 Å². The summed E-state index contributed by atoms with van der Waals surface area (Å²) in [6.45, 7) is 2.01. The number of aromatic nitrogens is 1. The molecule has 0 aliphatic heterocycles. The molecule has 0 unspecified atom stereocenters. The van der Waals surface area contributed by atoms with Crippen LogP contribution in [0.4, 0.5) is 4.39 Å². The number of pyridine rings is 1. The molecule has 0 atom stereocenters. The highest BCUT2D eigenvalue weighted by Crippen LogP contribution is 2.17. The summed E-state index contributed by atoms with van der Waals surface area (Å²) < 4.78 is 12.7. The molecule has 0 N–H and O–H groups in total. The second-order valence-electron chi connectivity index (χ2n) is 3.23. The van der Waals surface area contributed by atoms with Crippen molar-refractivity contribution in [3.63, 3.8) is 0 Å². The standard InChI is InChI=1S/C12H10FN/c1-9-6-7-14-12(8-9)10-2-4-11(13)5-3-10/h2-8H,1H3. The van der Waals surface area contributed by atoms with Crippen molar-refractivity contribution in [1.29, 1.82) is 0 Å². The molecule has 0 aliphatic rings. The Labute approximate surface area is 82.2 Å². The van der Waals surface area contributed by atoms with Crippen LogP contribution in [0.25, 0.3) is 11.3 Å². The highest BCUT2D eigenvalue weighted by Gasteiger charge is 1.98. The highest BCUT2D eigenvalue weighted by atomic mass is 19.1. The molecule has 0 aliphatic carbocycles. The Kier molecular flexibility index (Phi) is 2.27. The Hall–Kier alpha value is -1.70. The van der Waals surface area contributed by atoms with Gasteiger partial charge in [-0.3, -0.25) is 4.98 Å². The fourth-order valence-electron chi connectivity index (χ4n) is 1.31. The lowest BCUT2D eigenvalue weighted by Gasteiger charge is -2.00. The predicted octanol–water partition coefficient (Wildman–Crippen LogP) is 3.20. The Bertz CT molecular complexity index is 434. The zero-order valence-corrected chi connectivity index (χ0v) is 7.87. The van der Waals surface area contributed by atoms with Gasteiger partial charge < -0.3 is 0 Å². The van der Waals surface area contributed by atoms with Crippen LogP contribution in [-0.2, 0) is 0 Å². The van der Waals surface area contributed by atoms with Crippen LogP contribution in [0.15, 0.2) is 42.6 Å². The maximum atomic E-state index is 12.7. The Morgan fingerprint density at radius 2 is 1.79 bits per heavy atom. The van der Waals surface area contributed by atoms with E-state index in [-0.39, 0.29) is 5.82 Å². The molecule has 0 radical (unpaired) electrons. The molecule has 1 aromatic carbocycles. The summed E-state index contributed by atoms with van der Waals surface area (Å²) in [7, 11) is 0.